The largest absolute Gasteiger partial charge is 0.452 e. The van der Waals surface area contributed by atoms with Crippen LogP contribution in [0.1, 0.15) is 18.1 Å². The van der Waals surface area contributed by atoms with Gasteiger partial charge in [0.1, 0.15) is 0 Å². The van der Waals surface area contributed by atoms with Gasteiger partial charge in [0.25, 0.3) is 5.91 Å². The van der Waals surface area contributed by atoms with Gasteiger partial charge in [-0.3, -0.25) is 9.59 Å². The van der Waals surface area contributed by atoms with E-state index < -0.39 is 28.0 Å². The van der Waals surface area contributed by atoms with Gasteiger partial charge >= 0.3 is 5.97 Å². The molecule has 0 aromatic heterocycles. The van der Waals surface area contributed by atoms with Crippen molar-refractivity contribution in [3.63, 3.8) is 0 Å². The maximum absolute atomic E-state index is 12.4. The summed E-state index contributed by atoms with van der Waals surface area (Å²) in [7, 11) is -0.774. The SMILES string of the molecule is Cc1ccc(S(=O)(=O)N(C)C)cc1NC(=O)C(C)OC(=O)Cc1ccc(Br)cc1. The summed E-state index contributed by atoms with van der Waals surface area (Å²) < 4.78 is 31.8. The summed E-state index contributed by atoms with van der Waals surface area (Å²) in [6, 6.07) is 11.7. The first-order chi connectivity index (χ1) is 13.5. The zero-order valence-corrected chi connectivity index (χ0v) is 19.0. The average molecular weight is 483 g/mol. The molecular weight excluding hydrogens is 460 g/mol. The van der Waals surface area contributed by atoms with Crippen molar-refractivity contribution in [2.75, 3.05) is 19.4 Å². The second kappa shape index (κ2) is 9.51. The molecule has 0 heterocycles. The quantitative estimate of drug-likeness (QED) is 0.611. The first kappa shape index (κ1) is 23.1. The van der Waals surface area contributed by atoms with Gasteiger partial charge in [0.05, 0.1) is 11.3 Å². The van der Waals surface area contributed by atoms with Gasteiger partial charge in [0.2, 0.25) is 10.0 Å². The number of ether oxygens (including phenoxy) is 1. The van der Waals surface area contributed by atoms with E-state index in [0.717, 1.165) is 14.3 Å². The molecular formula is C20H23BrN2O5S. The topological polar surface area (TPSA) is 92.8 Å². The van der Waals surface area contributed by atoms with E-state index in [1.165, 1.54) is 33.2 Å². The molecule has 2 aromatic rings. The lowest BCUT2D eigenvalue weighted by Gasteiger charge is -2.17. The summed E-state index contributed by atoms with van der Waals surface area (Å²) in [5.41, 5.74) is 1.79. The van der Waals surface area contributed by atoms with Crippen LogP contribution in [0.15, 0.2) is 51.8 Å². The highest BCUT2D eigenvalue weighted by Gasteiger charge is 2.21. The van der Waals surface area contributed by atoms with Crippen LogP contribution in [0.25, 0.3) is 0 Å². The van der Waals surface area contributed by atoms with Crippen LogP contribution in [0, 0.1) is 6.92 Å². The summed E-state index contributed by atoms with van der Waals surface area (Å²) in [5.74, 6) is -1.08. The molecule has 2 aromatic carbocycles. The van der Waals surface area contributed by atoms with Crippen LogP contribution in [0.4, 0.5) is 5.69 Å². The van der Waals surface area contributed by atoms with Crippen LogP contribution >= 0.6 is 15.9 Å². The molecule has 9 heteroatoms. The normalized spacial score (nSPS) is 12.5. The molecule has 1 unspecified atom stereocenters. The number of sulfonamides is 1. The molecule has 0 fully saturated rings. The van der Waals surface area contributed by atoms with E-state index in [1.807, 2.05) is 12.1 Å². The lowest BCUT2D eigenvalue weighted by atomic mass is 10.1. The van der Waals surface area contributed by atoms with Crippen molar-refractivity contribution in [2.24, 2.45) is 0 Å². The minimum atomic E-state index is -3.64. The lowest BCUT2D eigenvalue weighted by molar-refractivity contribution is -0.152. The molecule has 29 heavy (non-hydrogen) atoms. The summed E-state index contributed by atoms with van der Waals surface area (Å²) in [5, 5.41) is 2.63. The lowest BCUT2D eigenvalue weighted by Crippen LogP contribution is -2.31. The van der Waals surface area contributed by atoms with Gasteiger partial charge in [-0.15, -0.1) is 0 Å². The Balaban J connectivity index is 2.05. The molecule has 2 rings (SSSR count). The Morgan fingerprint density at radius 3 is 2.34 bits per heavy atom. The maximum Gasteiger partial charge on any atom is 0.311 e. The molecule has 0 aliphatic carbocycles. The van der Waals surface area contributed by atoms with E-state index in [-0.39, 0.29) is 11.3 Å². The predicted molar refractivity (Wildman–Crippen MR) is 114 cm³/mol. The van der Waals surface area contributed by atoms with Crippen molar-refractivity contribution < 1.29 is 22.7 Å². The van der Waals surface area contributed by atoms with E-state index in [9.17, 15) is 18.0 Å². The van der Waals surface area contributed by atoms with Crippen LogP contribution in [0.2, 0.25) is 0 Å². The maximum atomic E-state index is 12.4. The number of nitrogens with one attached hydrogen (secondary N) is 1. The number of halogens is 1. The Morgan fingerprint density at radius 1 is 1.14 bits per heavy atom. The van der Waals surface area contributed by atoms with Gasteiger partial charge in [0.15, 0.2) is 6.10 Å². The number of esters is 1. The predicted octanol–water partition coefficient (Wildman–Crippen LogP) is 3.12. The van der Waals surface area contributed by atoms with Gasteiger partial charge in [-0.2, -0.15) is 0 Å². The molecule has 1 N–H and O–H groups in total. The van der Waals surface area contributed by atoms with Gasteiger partial charge in [-0.1, -0.05) is 34.1 Å². The Bertz CT molecular complexity index is 1000. The van der Waals surface area contributed by atoms with Crippen molar-refractivity contribution in [1.82, 2.24) is 4.31 Å². The van der Waals surface area contributed by atoms with Crippen LogP contribution in [0.5, 0.6) is 0 Å². The second-order valence-corrected chi connectivity index (χ2v) is 9.76. The zero-order chi connectivity index (χ0) is 21.8. The van der Waals surface area contributed by atoms with Crippen molar-refractivity contribution in [2.45, 2.75) is 31.3 Å². The van der Waals surface area contributed by atoms with Gasteiger partial charge in [0, 0.05) is 24.3 Å². The molecule has 0 aliphatic rings. The monoisotopic (exact) mass is 482 g/mol. The van der Waals surface area contributed by atoms with Crippen molar-refractivity contribution in [1.29, 1.82) is 0 Å². The number of aryl methyl sites for hydroxylation is 1. The number of benzene rings is 2. The molecule has 0 aliphatic heterocycles. The highest BCUT2D eigenvalue weighted by Crippen LogP contribution is 2.22. The van der Waals surface area contributed by atoms with Crippen LogP contribution in [-0.2, 0) is 30.8 Å². The Hall–Kier alpha value is -2.23. The van der Waals surface area contributed by atoms with Crippen molar-refractivity contribution >= 4 is 43.5 Å². The number of amides is 1. The summed E-state index contributed by atoms with van der Waals surface area (Å²) >= 11 is 3.32. The minimum absolute atomic E-state index is 0.0422. The fourth-order valence-corrected chi connectivity index (χ4v) is 3.60. The molecule has 156 valence electrons. The van der Waals surface area contributed by atoms with Crippen LogP contribution < -0.4 is 5.32 Å². The Kier molecular flexibility index (Phi) is 7.56. The molecule has 0 bridgehead atoms. The number of hydrogen-bond donors (Lipinski definition) is 1. The van der Waals surface area contributed by atoms with Crippen LogP contribution in [-0.4, -0.2) is 44.8 Å². The van der Waals surface area contributed by atoms with Crippen molar-refractivity contribution in [3.8, 4) is 0 Å². The average Bonchev–Trinajstić information content (AvgIpc) is 2.64. The molecule has 0 radical (unpaired) electrons. The molecule has 0 saturated heterocycles. The third-order valence-corrected chi connectivity index (χ3v) is 6.52. The molecule has 1 atom stereocenters. The minimum Gasteiger partial charge on any atom is -0.452 e. The van der Waals surface area contributed by atoms with E-state index in [4.69, 9.17) is 4.74 Å². The van der Waals surface area contributed by atoms with E-state index in [1.54, 1.807) is 25.1 Å². The first-order valence-corrected chi connectivity index (χ1v) is 11.0. The number of nitrogens with zero attached hydrogens (tertiary/aromatic N) is 1. The fraction of sp³-hybridized carbons (Fsp3) is 0.300. The van der Waals surface area contributed by atoms with E-state index in [0.29, 0.717) is 11.3 Å². The number of anilines is 1. The number of carbonyl (C=O) groups excluding carboxylic acids is 2. The highest BCUT2D eigenvalue weighted by molar-refractivity contribution is 9.10. The number of carbonyl (C=O) groups is 2. The highest BCUT2D eigenvalue weighted by atomic mass is 79.9. The molecule has 0 saturated carbocycles. The third kappa shape index (κ3) is 6.12. The smallest absolute Gasteiger partial charge is 0.311 e. The Morgan fingerprint density at radius 2 is 1.76 bits per heavy atom. The van der Waals surface area contributed by atoms with Crippen molar-refractivity contribution in [3.05, 3.63) is 58.1 Å². The summed E-state index contributed by atoms with van der Waals surface area (Å²) in [6.07, 6.45) is -0.994. The standard InChI is InChI=1S/C20H23BrN2O5S/c1-13-5-10-17(29(26,27)23(3)4)12-18(13)22-20(25)14(2)28-19(24)11-15-6-8-16(21)9-7-15/h5-10,12,14H,11H2,1-4H3,(H,22,25). The summed E-state index contributed by atoms with van der Waals surface area (Å²) in [6.45, 7) is 3.20. The second-order valence-electron chi connectivity index (χ2n) is 6.69. The van der Waals surface area contributed by atoms with E-state index in [2.05, 4.69) is 21.2 Å². The Labute approximate surface area is 179 Å². The van der Waals surface area contributed by atoms with E-state index >= 15 is 0 Å². The summed E-state index contributed by atoms with van der Waals surface area (Å²) in [4.78, 5) is 24.6. The zero-order valence-electron chi connectivity index (χ0n) is 16.6. The van der Waals surface area contributed by atoms with Crippen LogP contribution in [0.3, 0.4) is 0 Å². The van der Waals surface area contributed by atoms with Gasteiger partial charge in [-0.25, -0.2) is 12.7 Å². The molecule has 0 spiro atoms. The molecule has 1 amide bonds. The number of rotatable bonds is 7. The number of hydrogen-bond acceptors (Lipinski definition) is 5. The molecule has 7 nitrogen and oxygen atoms in total. The van der Waals surface area contributed by atoms with Gasteiger partial charge in [-0.05, 0) is 49.2 Å². The fourth-order valence-electron chi connectivity index (χ4n) is 2.40. The van der Waals surface area contributed by atoms with Gasteiger partial charge < -0.3 is 10.1 Å². The third-order valence-electron chi connectivity index (χ3n) is 4.18. The first-order valence-electron chi connectivity index (χ1n) is 8.78.